The Kier molecular flexibility index (Phi) is 9.84. The molecule has 5 heteroatoms. The number of ether oxygens (including phenoxy) is 3. The van der Waals surface area contributed by atoms with Crippen LogP contribution in [0.25, 0.3) is 0 Å². The maximum absolute atomic E-state index is 11.2. The molecular weight excluding hydrogens is 426 g/mol. The number of hydrogen-bond acceptors (Lipinski definition) is 4. The molecule has 1 amide bonds. The lowest BCUT2D eigenvalue weighted by molar-refractivity contribution is 0.113. The third kappa shape index (κ3) is 6.05. The van der Waals surface area contributed by atoms with Crippen LogP contribution in [0.1, 0.15) is 83.9 Å². The summed E-state index contributed by atoms with van der Waals surface area (Å²) < 4.78 is 17.3. The van der Waals surface area contributed by atoms with E-state index in [4.69, 9.17) is 19.9 Å². The molecule has 2 aromatic rings. The molecule has 0 heterocycles. The van der Waals surface area contributed by atoms with Gasteiger partial charge in [0, 0.05) is 11.0 Å². The molecule has 0 radical (unpaired) electrons. The highest BCUT2D eigenvalue weighted by atomic mass is 16.5. The van der Waals surface area contributed by atoms with Crippen LogP contribution in [0.4, 0.5) is 4.79 Å². The quantitative estimate of drug-likeness (QED) is 0.339. The van der Waals surface area contributed by atoms with Crippen LogP contribution in [0, 0.1) is 5.41 Å². The topological polar surface area (TPSA) is 70.8 Å². The van der Waals surface area contributed by atoms with Gasteiger partial charge >= 0.3 is 6.09 Å². The highest BCUT2D eigenvalue weighted by Crippen LogP contribution is 2.55. The van der Waals surface area contributed by atoms with Crippen molar-refractivity contribution in [3.8, 4) is 11.5 Å². The number of amides is 1. The molecule has 2 N–H and O–H groups in total. The van der Waals surface area contributed by atoms with Gasteiger partial charge in [0.2, 0.25) is 0 Å². The van der Waals surface area contributed by atoms with Crippen LogP contribution in [-0.2, 0) is 16.6 Å². The Labute approximate surface area is 206 Å². The summed E-state index contributed by atoms with van der Waals surface area (Å²) in [4.78, 5) is 11.2. The molecule has 0 saturated heterocycles. The molecule has 0 aliphatic heterocycles. The van der Waals surface area contributed by atoms with E-state index in [-0.39, 0.29) is 16.7 Å². The van der Waals surface area contributed by atoms with Crippen molar-refractivity contribution in [1.29, 1.82) is 0 Å². The van der Waals surface area contributed by atoms with Crippen LogP contribution in [0.15, 0.2) is 42.5 Å². The van der Waals surface area contributed by atoms with E-state index in [1.807, 2.05) is 19.9 Å². The van der Waals surface area contributed by atoms with E-state index in [9.17, 15) is 4.79 Å². The minimum atomic E-state index is -0.730. The van der Waals surface area contributed by atoms with Crippen molar-refractivity contribution in [2.24, 2.45) is 11.1 Å². The van der Waals surface area contributed by atoms with Gasteiger partial charge in [-0.3, -0.25) is 0 Å². The standard InChI is InChI=1S/C29H43NO4/c1-8-24-25(32-9-2)19-22(20-26(24)33-10-3)21(4)29(28(5,6)7,17-14-18-34-27(30)31)23-15-12-11-13-16-23/h11-13,15-16,19-21H,8-10,14,17-18H2,1-7H3,(H2,30,31)/t21-,29?/m1/s1. The van der Waals surface area contributed by atoms with E-state index < -0.39 is 6.09 Å². The SMILES string of the molecule is CCOc1cc([C@@H](C)C(CCCOC(N)=O)(c2ccccc2)C(C)(C)C)cc(OCC)c1CC. The summed E-state index contributed by atoms with van der Waals surface area (Å²) in [6.07, 6.45) is 1.65. The number of nitrogens with two attached hydrogens (primary N) is 1. The molecule has 0 aliphatic rings. The fourth-order valence-corrected chi connectivity index (χ4v) is 5.42. The van der Waals surface area contributed by atoms with Crippen molar-refractivity contribution in [3.63, 3.8) is 0 Å². The van der Waals surface area contributed by atoms with Crippen LogP contribution in [0.3, 0.4) is 0 Å². The molecule has 34 heavy (non-hydrogen) atoms. The molecule has 5 nitrogen and oxygen atoms in total. The molecule has 0 saturated carbocycles. The average Bonchev–Trinajstić information content (AvgIpc) is 2.78. The summed E-state index contributed by atoms with van der Waals surface area (Å²) in [5.74, 6) is 1.92. The van der Waals surface area contributed by atoms with Crippen LogP contribution < -0.4 is 15.2 Å². The Morgan fingerprint density at radius 3 is 1.97 bits per heavy atom. The monoisotopic (exact) mass is 469 g/mol. The molecule has 0 fully saturated rings. The summed E-state index contributed by atoms with van der Waals surface area (Å²) in [5, 5.41) is 0. The first-order valence-corrected chi connectivity index (χ1v) is 12.5. The lowest BCUT2D eigenvalue weighted by Gasteiger charge is -2.50. The van der Waals surface area contributed by atoms with Crippen molar-refractivity contribution >= 4 is 6.09 Å². The Balaban J connectivity index is 2.69. The molecule has 0 spiro atoms. The number of carbonyl (C=O) groups is 1. The Morgan fingerprint density at radius 1 is 0.971 bits per heavy atom. The number of benzene rings is 2. The van der Waals surface area contributed by atoms with Gasteiger partial charge in [0.25, 0.3) is 0 Å². The zero-order chi connectivity index (χ0) is 25.4. The van der Waals surface area contributed by atoms with Crippen LogP contribution in [0.2, 0.25) is 0 Å². The molecule has 0 bridgehead atoms. The van der Waals surface area contributed by atoms with E-state index >= 15 is 0 Å². The van der Waals surface area contributed by atoms with Crippen molar-refractivity contribution < 1.29 is 19.0 Å². The largest absolute Gasteiger partial charge is 0.493 e. The number of carbonyl (C=O) groups excluding carboxylic acids is 1. The van der Waals surface area contributed by atoms with Crippen molar-refractivity contribution in [1.82, 2.24) is 0 Å². The summed E-state index contributed by atoms with van der Waals surface area (Å²) in [6, 6.07) is 15.1. The molecule has 0 aromatic heterocycles. The number of primary amides is 1. The minimum absolute atomic E-state index is 0.0958. The number of hydrogen-bond donors (Lipinski definition) is 1. The second kappa shape index (κ2) is 12.1. The summed E-state index contributed by atoms with van der Waals surface area (Å²) in [7, 11) is 0. The van der Waals surface area contributed by atoms with E-state index in [2.05, 4.69) is 71.0 Å². The zero-order valence-electron chi connectivity index (χ0n) is 22.1. The molecular formula is C29H43NO4. The first-order valence-electron chi connectivity index (χ1n) is 12.5. The fourth-order valence-electron chi connectivity index (χ4n) is 5.42. The molecule has 188 valence electrons. The lowest BCUT2D eigenvalue weighted by atomic mass is 9.53. The summed E-state index contributed by atoms with van der Waals surface area (Å²) in [6.45, 7) is 16.8. The lowest BCUT2D eigenvalue weighted by Crippen LogP contribution is -2.45. The summed E-state index contributed by atoms with van der Waals surface area (Å²) >= 11 is 0. The molecule has 2 atom stereocenters. The van der Waals surface area contributed by atoms with Crippen LogP contribution in [-0.4, -0.2) is 25.9 Å². The predicted molar refractivity (Wildman–Crippen MR) is 139 cm³/mol. The molecule has 1 unspecified atom stereocenters. The molecule has 2 aromatic carbocycles. The van der Waals surface area contributed by atoms with Gasteiger partial charge in [0.1, 0.15) is 11.5 Å². The van der Waals surface area contributed by atoms with E-state index in [0.717, 1.165) is 29.9 Å². The van der Waals surface area contributed by atoms with E-state index in [1.165, 1.54) is 11.1 Å². The smallest absolute Gasteiger partial charge is 0.404 e. The first kappa shape index (κ1) is 27.6. The summed E-state index contributed by atoms with van der Waals surface area (Å²) in [5.41, 5.74) is 8.44. The van der Waals surface area contributed by atoms with E-state index in [0.29, 0.717) is 26.2 Å². The maximum Gasteiger partial charge on any atom is 0.404 e. The van der Waals surface area contributed by atoms with Crippen molar-refractivity contribution in [2.75, 3.05) is 19.8 Å². The Morgan fingerprint density at radius 2 is 1.53 bits per heavy atom. The third-order valence-corrected chi connectivity index (χ3v) is 6.97. The van der Waals surface area contributed by atoms with E-state index in [1.54, 1.807) is 0 Å². The molecule has 2 rings (SSSR count). The van der Waals surface area contributed by atoms with Gasteiger partial charge in [-0.05, 0) is 67.7 Å². The van der Waals surface area contributed by atoms with Crippen molar-refractivity contribution in [3.05, 3.63) is 59.2 Å². The van der Waals surface area contributed by atoms with Gasteiger partial charge in [-0.15, -0.1) is 0 Å². The maximum atomic E-state index is 11.2. The predicted octanol–water partition coefficient (Wildman–Crippen LogP) is 7.01. The van der Waals surface area contributed by atoms with Crippen LogP contribution in [0.5, 0.6) is 11.5 Å². The molecule has 0 aliphatic carbocycles. The zero-order valence-corrected chi connectivity index (χ0v) is 22.1. The second-order valence-corrected chi connectivity index (χ2v) is 9.80. The first-order chi connectivity index (χ1) is 16.1. The third-order valence-electron chi connectivity index (χ3n) is 6.97. The van der Waals surface area contributed by atoms with Gasteiger partial charge in [0.15, 0.2) is 0 Å². The van der Waals surface area contributed by atoms with Gasteiger partial charge in [-0.25, -0.2) is 4.79 Å². The van der Waals surface area contributed by atoms with Gasteiger partial charge < -0.3 is 19.9 Å². The highest BCUT2D eigenvalue weighted by molar-refractivity contribution is 5.64. The van der Waals surface area contributed by atoms with Crippen LogP contribution >= 0.6 is 0 Å². The Bertz CT molecular complexity index is 892. The Hall–Kier alpha value is -2.69. The minimum Gasteiger partial charge on any atom is -0.493 e. The second-order valence-electron chi connectivity index (χ2n) is 9.80. The van der Waals surface area contributed by atoms with Gasteiger partial charge in [-0.2, -0.15) is 0 Å². The van der Waals surface area contributed by atoms with Gasteiger partial charge in [0.05, 0.1) is 19.8 Å². The fraction of sp³-hybridized carbons (Fsp3) is 0.552. The average molecular weight is 470 g/mol. The normalized spacial score (nSPS) is 14.2. The van der Waals surface area contributed by atoms with Crippen molar-refractivity contribution in [2.45, 2.75) is 79.1 Å². The highest BCUT2D eigenvalue weighted by Gasteiger charge is 2.47. The van der Waals surface area contributed by atoms with Gasteiger partial charge in [-0.1, -0.05) is 65.0 Å². The number of rotatable bonds is 12.